The molecule has 6 heteroatoms. The Kier molecular flexibility index (Phi) is 10.5. The minimum absolute atomic E-state index is 0.128. The zero-order valence-corrected chi connectivity index (χ0v) is 24.2. The Hall–Kier alpha value is -0.240. The van der Waals surface area contributed by atoms with Gasteiger partial charge in [-0.1, -0.05) is 69.2 Å². The fraction of sp³-hybridized carbons (Fsp3) is 1.00. The highest BCUT2D eigenvalue weighted by atomic mass is 16.8. The van der Waals surface area contributed by atoms with E-state index in [1.807, 2.05) is 0 Å². The van der Waals surface area contributed by atoms with Crippen molar-refractivity contribution in [1.29, 1.82) is 0 Å². The van der Waals surface area contributed by atoms with Gasteiger partial charge < -0.3 is 28.4 Å². The SMILES string of the molecule is CCC1O[C@@H](OC2[C@@H](OC3[C@@H](OC)OC(CC)[C@@H](C)[C@@H]3C)OC(CC)[C@@H](C)[C@@H]2C)C(C)[C@@H](C)[C@@H]1C. The van der Waals surface area contributed by atoms with E-state index in [1.165, 1.54) is 0 Å². The summed E-state index contributed by atoms with van der Waals surface area (Å²) in [5.41, 5.74) is 0. The second-order valence-corrected chi connectivity index (χ2v) is 11.8. The van der Waals surface area contributed by atoms with Crippen molar-refractivity contribution in [1.82, 2.24) is 0 Å². The summed E-state index contributed by atoms with van der Waals surface area (Å²) in [5, 5.41) is 0. The number of hydrogen-bond acceptors (Lipinski definition) is 6. The van der Waals surface area contributed by atoms with E-state index in [9.17, 15) is 0 Å². The van der Waals surface area contributed by atoms with Gasteiger partial charge in [0, 0.05) is 13.0 Å². The maximum Gasteiger partial charge on any atom is 0.185 e. The van der Waals surface area contributed by atoms with Crippen molar-refractivity contribution in [3.63, 3.8) is 0 Å². The first kappa shape index (κ1) is 29.3. The van der Waals surface area contributed by atoms with Crippen LogP contribution < -0.4 is 0 Å². The predicted molar refractivity (Wildman–Crippen MR) is 138 cm³/mol. The van der Waals surface area contributed by atoms with Crippen LogP contribution in [-0.4, -0.2) is 56.5 Å². The molecular formula is C29H54O6. The first-order valence-corrected chi connectivity index (χ1v) is 14.4. The molecule has 0 N–H and O–H groups in total. The van der Waals surface area contributed by atoms with E-state index in [0.29, 0.717) is 29.6 Å². The molecule has 0 aliphatic carbocycles. The molecule has 35 heavy (non-hydrogen) atoms. The maximum absolute atomic E-state index is 6.84. The van der Waals surface area contributed by atoms with Gasteiger partial charge in [0.15, 0.2) is 18.9 Å². The Morgan fingerprint density at radius 2 is 0.829 bits per heavy atom. The molecule has 0 bridgehead atoms. The summed E-state index contributed by atoms with van der Waals surface area (Å²) in [5.74, 6) is 2.61. The number of hydrogen-bond donors (Lipinski definition) is 0. The molecule has 0 spiro atoms. The Balaban J connectivity index is 1.84. The van der Waals surface area contributed by atoms with Gasteiger partial charge >= 0.3 is 0 Å². The highest BCUT2D eigenvalue weighted by molar-refractivity contribution is 4.91. The summed E-state index contributed by atoms with van der Waals surface area (Å²) in [6.07, 6.45) is 1.79. The number of rotatable bonds is 8. The Bertz CT molecular complexity index is 641. The summed E-state index contributed by atoms with van der Waals surface area (Å²) in [4.78, 5) is 0. The third kappa shape index (κ3) is 5.93. The third-order valence-electron chi connectivity index (χ3n) is 10.0. The third-order valence-corrected chi connectivity index (χ3v) is 10.0. The molecule has 6 unspecified atom stereocenters. The van der Waals surface area contributed by atoms with E-state index in [0.717, 1.165) is 19.3 Å². The molecule has 0 aromatic heterocycles. The van der Waals surface area contributed by atoms with Gasteiger partial charge in [-0.05, 0) is 54.8 Å². The second kappa shape index (κ2) is 12.5. The molecule has 3 rings (SSSR count). The van der Waals surface area contributed by atoms with Crippen LogP contribution in [0, 0.1) is 41.4 Å². The molecule has 3 saturated heterocycles. The van der Waals surface area contributed by atoms with Crippen molar-refractivity contribution in [2.75, 3.05) is 7.11 Å². The average Bonchev–Trinajstić information content (AvgIpc) is 2.86. The Morgan fingerprint density at radius 3 is 1.29 bits per heavy atom. The molecular weight excluding hydrogens is 444 g/mol. The molecule has 206 valence electrons. The summed E-state index contributed by atoms with van der Waals surface area (Å²) < 4.78 is 38.9. The van der Waals surface area contributed by atoms with Gasteiger partial charge in [-0.25, -0.2) is 0 Å². The van der Waals surface area contributed by atoms with Crippen molar-refractivity contribution in [3.05, 3.63) is 0 Å². The molecule has 3 fully saturated rings. The number of ether oxygens (including phenoxy) is 6. The summed E-state index contributed by atoms with van der Waals surface area (Å²) in [7, 11) is 1.71. The Morgan fingerprint density at radius 1 is 0.457 bits per heavy atom. The van der Waals surface area contributed by atoms with Crippen LogP contribution in [0.3, 0.4) is 0 Å². The van der Waals surface area contributed by atoms with Crippen LogP contribution in [0.5, 0.6) is 0 Å². The van der Waals surface area contributed by atoms with Gasteiger partial charge in [0.05, 0.1) is 18.3 Å². The monoisotopic (exact) mass is 498 g/mol. The van der Waals surface area contributed by atoms with Gasteiger partial charge in [-0.2, -0.15) is 0 Å². The molecule has 0 aromatic rings. The largest absolute Gasteiger partial charge is 0.353 e. The molecule has 0 aromatic carbocycles. The van der Waals surface area contributed by atoms with E-state index >= 15 is 0 Å². The van der Waals surface area contributed by atoms with Crippen LogP contribution in [0.1, 0.15) is 88.5 Å². The van der Waals surface area contributed by atoms with E-state index in [2.05, 4.69) is 69.2 Å². The van der Waals surface area contributed by atoms with E-state index in [1.54, 1.807) is 7.11 Å². The molecule has 6 nitrogen and oxygen atoms in total. The topological polar surface area (TPSA) is 55.4 Å². The van der Waals surface area contributed by atoms with Crippen LogP contribution in [0.4, 0.5) is 0 Å². The van der Waals surface area contributed by atoms with Crippen molar-refractivity contribution in [3.8, 4) is 0 Å². The summed E-state index contributed by atoms with van der Waals surface area (Å²) in [6, 6.07) is 0. The minimum atomic E-state index is -0.490. The lowest BCUT2D eigenvalue weighted by atomic mass is 9.78. The normalized spacial score (nSPS) is 51.3. The standard InChI is InChI=1S/C29H54O6/c1-12-22-16(5)15(4)21(10)27(31-22)34-26-20(9)18(7)24(14-3)33-29(26)35-25-19(8)17(6)23(13-2)32-28(25)30-11/h15-29H,12-14H2,1-11H3/t15-,16-,17-,18-,19-,20-,21?,22?,23?,24?,25?,26?,27-,28-,29+/m0/s1. The van der Waals surface area contributed by atoms with Gasteiger partial charge in [0.25, 0.3) is 0 Å². The van der Waals surface area contributed by atoms with E-state index in [4.69, 9.17) is 28.4 Å². The number of methoxy groups -OCH3 is 1. The van der Waals surface area contributed by atoms with E-state index < -0.39 is 12.6 Å². The fourth-order valence-electron chi connectivity index (χ4n) is 6.55. The van der Waals surface area contributed by atoms with Crippen LogP contribution in [0.25, 0.3) is 0 Å². The van der Waals surface area contributed by atoms with Crippen LogP contribution in [0.2, 0.25) is 0 Å². The second-order valence-electron chi connectivity index (χ2n) is 11.8. The van der Waals surface area contributed by atoms with Gasteiger partial charge in [-0.15, -0.1) is 0 Å². The van der Waals surface area contributed by atoms with Crippen molar-refractivity contribution >= 4 is 0 Å². The maximum atomic E-state index is 6.84. The van der Waals surface area contributed by atoms with Crippen LogP contribution in [-0.2, 0) is 28.4 Å². The van der Waals surface area contributed by atoms with Gasteiger partial charge in [0.1, 0.15) is 12.2 Å². The first-order chi connectivity index (χ1) is 16.6. The van der Waals surface area contributed by atoms with Gasteiger partial charge in [0.2, 0.25) is 0 Å². The summed E-state index contributed by atoms with van der Waals surface area (Å²) in [6.45, 7) is 22.5. The molecule has 3 aliphatic heterocycles. The van der Waals surface area contributed by atoms with Crippen LogP contribution in [0.15, 0.2) is 0 Å². The predicted octanol–water partition coefficient (Wildman–Crippen LogP) is 6.26. The highest BCUT2D eigenvalue weighted by Gasteiger charge is 2.50. The fourth-order valence-corrected chi connectivity index (χ4v) is 6.55. The van der Waals surface area contributed by atoms with Crippen LogP contribution >= 0.6 is 0 Å². The van der Waals surface area contributed by atoms with Crippen molar-refractivity contribution in [2.24, 2.45) is 41.4 Å². The van der Waals surface area contributed by atoms with Crippen molar-refractivity contribution < 1.29 is 28.4 Å². The smallest absolute Gasteiger partial charge is 0.185 e. The lowest BCUT2D eigenvalue weighted by molar-refractivity contribution is -0.368. The zero-order chi connectivity index (χ0) is 26.0. The molecule has 3 heterocycles. The highest BCUT2D eigenvalue weighted by Crippen LogP contribution is 2.42. The molecule has 15 atom stereocenters. The average molecular weight is 499 g/mol. The quantitative estimate of drug-likeness (QED) is 0.394. The molecule has 0 amide bonds. The lowest BCUT2D eigenvalue weighted by Crippen LogP contribution is -2.59. The van der Waals surface area contributed by atoms with Crippen molar-refractivity contribution in [2.45, 2.75) is 138 Å². The molecule has 0 radical (unpaired) electrons. The van der Waals surface area contributed by atoms with E-state index in [-0.39, 0.29) is 48.6 Å². The lowest BCUT2D eigenvalue weighted by Gasteiger charge is -2.51. The zero-order valence-electron chi connectivity index (χ0n) is 24.2. The molecule has 3 aliphatic rings. The Labute approximate surface area is 215 Å². The molecule has 0 saturated carbocycles. The first-order valence-electron chi connectivity index (χ1n) is 14.4. The minimum Gasteiger partial charge on any atom is -0.353 e. The van der Waals surface area contributed by atoms with Gasteiger partial charge in [-0.3, -0.25) is 0 Å². The summed E-state index contributed by atoms with van der Waals surface area (Å²) >= 11 is 0.